The summed E-state index contributed by atoms with van der Waals surface area (Å²) in [5.41, 5.74) is -1.74. The van der Waals surface area contributed by atoms with E-state index in [-0.39, 0.29) is 5.69 Å². The first kappa shape index (κ1) is 15.7. The van der Waals surface area contributed by atoms with Gasteiger partial charge >= 0.3 is 5.97 Å². The fraction of sp³-hybridized carbons (Fsp3) is 0.143. The summed E-state index contributed by atoms with van der Waals surface area (Å²) in [4.78, 5) is 14.6. The maximum absolute atomic E-state index is 13.8. The highest BCUT2D eigenvalue weighted by Gasteiger charge is 2.25. The first-order chi connectivity index (χ1) is 10.2. The Labute approximate surface area is 122 Å². The number of rotatable bonds is 4. The molecular formula is C14H10F4N2O2. The van der Waals surface area contributed by atoms with Crippen molar-refractivity contribution in [3.05, 3.63) is 53.4 Å². The topological polar surface area (TPSA) is 62.2 Å². The van der Waals surface area contributed by atoms with E-state index in [0.29, 0.717) is 13.0 Å². The number of pyridine rings is 1. The minimum absolute atomic E-state index is 0.0916. The van der Waals surface area contributed by atoms with Gasteiger partial charge in [0.05, 0.1) is 23.1 Å². The van der Waals surface area contributed by atoms with Crippen LogP contribution >= 0.6 is 0 Å². The van der Waals surface area contributed by atoms with Gasteiger partial charge < -0.3 is 10.4 Å². The molecule has 0 fully saturated rings. The van der Waals surface area contributed by atoms with Gasteiger partial charge in [0.1, 0.15) is 0 Å². The lowest BCUT2D eigenvalue weighted by atomic mass is 10.1. The fourth-order valence-corrected chi connectivity index (χ4v) is 1.74. The molecule has 1 aromatic carbocycles. The van der Waals surface area contributed by atoms with E-state index in [2.05, 4.69) is 10.3 Å². The smallest absolute Gasteiger partial charge is 0.337 e. The summed E-state index contributed by atoms with van der Waals surface area (Å²) in [6.45, 7) is 0.652. The van der Waals surface area contributed by atoms with Gasteiger partial charge in [-0.25, -0.2) is 22.4 Å². The quantitative estimate of drug-likeness (QED) is 0.840. The largest absolute Gasteiger partial charge is 0.478 e. The third-order valence-electron chi connectivity index (χ3n) is 2.84. The van der Waals surface area contributed by atoms with Gasteiger partial charge in [-0.2, -0.15) is 0 Å². The average Bonchev–Trinajstić information content (AvgIpc) is 2.43. The average molecular weight is 314 g/mol. The van der Waals surface area contributed by atoms with E-state index in [9.17, 15) is 22.4 Å². The molecule has 0 radical (unpaired) electrons. The van der Waals surface area contributed by atoms with Crippen LogP contribution in [0.25, 0.3) is 0 Å². The van der Waals surface area contributed by atoms with Gasteiger partial charge in [0.25, 0.3) is 5.92 Å². The molecule has 4 nitrogen and oxygen atoms in total. The molecule has 0 aliphatic rings. The Morgan fingerprint density at radius 1 is 1.27 bits per heavy atom. The number of carboxylic acids is 1. The number of hydrogen-bond acceptors (Lipinski definition) is 3. The number of carboxylic acid groups (broad SMARTS) is 1. The summed E-state index contributed by atoms with van der Waals surface area (Å²) < 4.78 is 53.5. The number of alkyl halides is 2. The fourth-order valence-electron chi connectivity index (χ4n) is 1.74. The summed E-state index contributed by atoms with van der Waals surface area (Å²) in [5.74, 6) is -7.36. The second-order valence-corrected chi connectivity index (χ2v) is 4.56. The van der Waals surface area contributed by atoms with Crippen molar-refractivity contribution in [2.75, 3.05) is 5.32 Å². The predicted molar refractivity (Wildman–Crippen MR) is 70.4 cm³/mol. The normalized spacial score (nSPS) is 11.3. The molecule has 116 valence electrons. The summed E-state index contributed by atoms with van der Waals surface area (Å²) in [7, 11) is 0. The molecule has 0 amide bonds. The Kier molecular flexibility index (Phi) is 4.03. The Morgan fingerprint density at radius 2 is 1.95 bits per heavy atom. The van der Waals surface area contributed by atoms with E-state index >= 15 is 0 Å². The van der Waals surface area contributed by atoms with E-state index < -0.39 is 40.3 Å². The van der Waals surface area contributed by atoms with Crippen LogP contribution in [0.5, 0.6) is 0 Å². The molecule has 8 heteroatoms. The molecule has 0 bridgehead atoms. The molecular weight excluding hydrogens is 304 g/mol. The van der Waals surface area contributed by atoms with Crippen LogP contribution in [-0.4, -0.2) is 16.1 Å². The zero-order chi connectivity index (χ0) is 16.5. The van der Waals surface area contributed by atoms with Crippen LogP contribution in [0.15, 0.2) is 30.6 Å². The highest BCUT2D eigenvalue weighted by molar-refractivity contribution is 5.95. The van der Waals surface area contributed by atoms with Crippen LogP contribution in [0.1, 0.15) is 22.8 Å². The molecule has 2 N–H and O–H groups in total. The number of nitrogens with one attached hydrogen (secondary N) is 1. The molecule has 2 aromatic rings. The first-order valence-electron chi connectivity index (χ1n) is 6.02. The van der Waals surface area contributed by atoms with Gasteiger partial charge in [0.2, 0.25) is 0 Å². The van der Waals surface area contributed by atoms with Crippen molar-refractivity contribution in [1.82, 2.24) is 4.98 Å². The predicted octanol–water partition coefficient (Wildman–Crippen LogP) is 3.91. The third kappa shape index (κ3) is 3.16. The Bertz CT molecular complexity index is 729. The number of aromatic nitrogens is 1. The summed E-state index contributed by atoms with van der Waals surface area (Å²) >= 11 is 0. The Hall–Kier alpha value is -2.64. The van der Waals surface area contributed by atoms with Gasteiger partial charge in [-0.15, -0.1) is 0 Å². The standard InChI is InChI=1S/C14H10F4N2O2/c1-14(17,18)7-4-8(6-19-5-7)20-12-9(13(21)22)2-3-10(15)11(12)16/h2-6,20H,1H3,(H,21,22). The number of anilines is 2. The van der Waals surface area contributed by atoms with Gasteiger partial charge in [0, 0.05) is 18.7 Å². The monoisotopic (exact) mass is 314 g/mol. The van der Waals surface area contributed by atoms with Crippen molar-refractivity contribution < 1.29 is 27.5 Å². The summed E-state index contributed by atoms with van der Waals surface area (Å²) in [6, 6.07) is 2.51. The lowest BCUT2D eigenvalue weighted by Gasteiger charge is -2.14. The number of carbonyl (C=O) groups is 1. The zero-order valence-electron chi connectivity index (χ0n) is 11.2. The lowest BCUT2D eigenvalue weighted by Crippen LogP contribution is -2.10. The minimum Gasteiger partial charge on any atom is -0.478 e. The highest BCUT2D eigenvalue weighted by atomic mass is 19.3. The van der Waals surface area contributed by atoms with Crippen LogP contribution in [0.2, 0.25) is 0 Å². The van der Waals surface area contributed by atoms with Gasteiger partial charge in [-0.1, -0.05) is 0 Å². The van der Waals surface area contributed by atoms with Crippen LogP contribution in [0, 0.1) is 11.6 Å². The molecule has 1 heterocycles. The van der Waals surface area contributed by atoms with Gasteiger partial charge in [-0.05, 0) is 18.2 Å². The maximum Gasteiger partial charge on any atom is 0.337 e. The summed E-state index contributed by atoms with van der Waals surface area (Å²) in [6.07, 6.45) is 2.01. The van der Waals surface area contributed by atoms with Crippen molar-refractivity contribution in [2.24, 2.45) is 0 Å². The molecule has 2 rings (SSSR count). The van der Waals surface area contributed by atoms with E-state index in [4.69, 9.17) is 5.11 Å². The molecule has 0 saturated heterocycles. The molecule has 0 aliphatic heterocycles. The van der Waals surface area contributed by atoms with E-state index in [1.807, 2.05) is 0 Å². The van der Waals surface area contributed by atoms with Crippen LogP contribution < -0.4 is 5.32 Å². The van der Waals surface area contributed by atoms with Crippen molar-refractivity contribution in [3.63, 3.8) is 0 Å². The van der Waals surface area contributed by atoms with Crippen LogP contribution in [0.4, 0.5) is 28.9 Å². The zero-order valence-corrected chi connectivity index (χ0v) is 11.2. The number of nitrogens with zero attached hydrogens (tertiary/aromatic N) is 1. The second kappa shape index (κ2) is 5.63. The highest BCUT2D eigenvalue weighted by Crippen LogP contribution is 2.30. The summed E-state index contributed by atoms with van der Waals surface area (Å²) in [5, 5.41) is 11.3. The van der Waals surface area contributed by atoms with E-state index in [1.165, 1.54) is 0 Å². The number of benzene rings is 1. The number of aromatic carboxylic acids is 1. The molecule has 0 atom stereocenters. The maximum atomic E-state index is 13.8. The molecule has 0 aliphatic carbocycles. The van der Waals surface area contributed by atoms with Crippen molar-refractivity contribution in [2.45, 2.75) is 12.8 Å². The number of hydrogen-bond donors (Lipinski definition) is 2. The van der Waals surface area contributed by atoms with Crippen molar-refractivity contribution in [3.8, 4) is 0 Å². The Balaban J connectivity index is 2.47. The van der Waals surface area contributed by atoms with E-state index in [0.717, 1.165) is 24.5 Å². The Morgan fingerprint density at radius 3 is 2.55 bits per heavy atom. The molecule has 0 saturated carbocycles. The third-order valence-corrected chi connectivity index (χ3v) is 2.84. The lowest BCUT2D eigenvalue weighted by molar-refractivity contribution is 0.0171. The van der Waals surface area contributed by atoms with Crippen LogP contribution in [-0.2, 0) is 5.92 Å². The molecule has 0 unspecified atom stereocenters. The van der Waals surface area contributed by atoms with Crippen molar-refractivity contribution >= 4 is 17.3 Å². The number of halogens is 4. The van der Waals surface area contributed by atoms with E-state index in [1.54, 1.807) is 0 Å². The van der Waals surface area contributed by atoms with Gasteiger partial charge in [-0.3, -0.25) is 4.98 Å². The second-order valence-electron chi connectivity index (χ2n) is 4.56. The molecule has 0 spiro atoms. The first-order valence-corrected chi connectivity index (χ1v) is 6.02. The molecule has 22 heavy (non-hydrogen) atoms. The van der Waals surface area contributed by atoms with Crippen molar-refractivity contribution in [1.29, 1.82) is 0 Å². The minimum atomic E-state index is -3.18. The van der Waals surface area contributed by atoms with Gasteiger partial charge in [0.15, 0.2) is 11.6 Å². The molecule has 1 aromatic heterocycles. The van der Waals surface area contributed by atoms with Crippen LogP contribution in [0.3, 0.4) is 0 Å². The SMILES string of the molecule is CC(F)(F)c1cncc(Nc2c(C(=O)O)ccc(F)c2F)c1.